The first-order valence-electron chi connectivity index (χ1n) is 9.17. The molecule has 0 aliphatic rings. The molecule has 6 nitrogen and oxygen atoms in total. The number of aryl methyl sites for hydroxylation is 4. The summed E-state index contributed by atoms with van der Waals surface area (Å²) in [4.78, 5) is 41.5. The lowest BCUT2D eigenvalue weighted by atomic mass is 10.0. The van der Waals surface area contributed by atoms with E-state index in [4.69, 9.17) is 0 Å². The van der Waals surface area contributed by atoms with E-state index in [1.807, 2.05) is 44.2 Å². The van der Waals surface area contributed by atoms with Crippen LogP contribution in [0.1, 0.15) is 38.3 Å². The van der Waals surface area contributed by atoms with Gasteiger partial charge in [-0.15, -0.1) is 0 Å². The van der Waals surface area contributed by atoms with E-state index in [0.29, 0.717) is 24.0 Å². The SMILES string of the molecule is Cc1cc(C)c(CNC(=O)c2ccc(CCc3ccc[nH]c3=O)cc2)c(=O)[nH]1. The van der Waals surface area contributed by atoms with Crippen molar-refractivity contribution in [3.8, 4) is 0 Å². The zero-order valence-corrected chi connectivity index (χ0v) is 16.0. The maximum absolute atomic E-state index is 12.4. The molecule has 3 aromatic rings. The largest absolute Gasteiger partial charge is 0.348 e. The Morgan fingerprint density at radius 3 is 2.43 bits per heavy atom. The Labute approximate surface area is 162 Å². The van der Waals surface area contributed by atoms with Crippen LogP contribution in [0.15, 0.2) is 58.3 Å². The number of carbonyl (C=O) groups is 1. The van der Waals surface area contributed by atoms with Crippen molar-refractivity contribution in [3.05, 3.63) is 103 Å². The number of hydrogen-bond donors (Lipinski definition) is 3. The molecule has 0 bridgehead atoms. The highest BCUT2D eigenvalue weighted by molar-refractivity contribution is 5.94. The minimum Gasteiger partial charge on any atom is -0.348 e. The lowest BCUT2D eigenvalue weighted by Gasteiger charge is -2.09. The van der Waals surface area contributed by atoms with Crippen LogP contribution in [0.25, 0.3) is 0 Å². The average molecular weight is 377 g/mol. The van der Waals surface area contributed by atoms with Crippen molar-refractivity contribution < 1.29 is 4.79 Å². The lowest BCUT2D eigenvalue weighted by Crippen LogP contribution is -2.27. The van der Waals surface area contributed by atoms with E-state index in [-0.39, 0.29) is 23.6 Å². The fourth-order valence-electron chi connectivity index (χ4n) is 3.13. The van der Waals surface area contributed by atoms with E-state index in [0.717, 1.165) is 22.4 Å². The van der Waals surface area contributed by atoms with Crippen molar-refractivity contribution in [3.63, 3.8) is 0 Å². The number of benzene rings is 1. The van der Waals surface area contributed by atoms with Gasteiger partial charge in [0.05, 0.1) is 0 Å². The maximum atomic E-state index is 12.4. The Hall–Kier alpha value is -3.41. The first kappa shape index (κ1) is 19.4. The number of H-pyrrole nitrogens is 2. The van der Waals surface area contributed by atoms with Gasteiger partial charge >= 0.3 is 0 Å². The van der Waals surface area contributed by atoms with Gasteiger partial charge in [-0.05, 0) is 62.1 Å². The molecule has 1 aromatic carbocycles. The molecule has 28 heavy (non-hydrogen) atoms. The van der Waals surface area contributed by atoms with E-state index in [1.54, 1.807) is 18.3 Å². The molecule has 0 saturated carbocycles. The van der Waals surface area contributed by atoms with E-state index in [1.165, 1.54) is 0 Å². The molecule has 144 valence electrons. The van der Waals surface area contributed by atoms with E-state index in [9.17, 15) is 14.4 Å². The number of aromatic nitrogens is 2. The van der Waals surface area contributed by atoms with Crippen LogP contribution in [0, 0.1) is 13.8 Å². The molecule has 6 heteroatoms. The number of aromatic amines is 2. The summed E-state index contributed by atoms with van der Waals surface area (Å²) < 4.78 is 0. The predicted molar refractivity (Wildman–Crippen MR) is 109 cm³/mol. The van der Waals surface area contributed by atoms with Crippen LogP contribution in [0.5, 0.6) is 0 Å². The molecule has 0 saturated heterocycles. The first-order chi connectivity index (χ1) is 13.4. The van der Waals surface area contributed by atoms with Crippen LogP contribution >= 0.6 is 0 Å². The topological polar surface area (TPSA) is 94.8 Å². The van der Waals surface area contributed by atoms with Gasteiger partial charge in [0.15, 0.2) is 0 Å². The molecular formula is C22H23N3O3. The number of amides is 1. The van der Waals surface area contributed by atoms with Gasteiger partial charge in [0, 0.05) is 35.1 Å². The molecule has 3 N–H and O–H groups in total. The Balaban J connectivity index is 1.60. The summed E-state index contributed by atoms with van der Waals surface area (Å²) in [6.45, 7) is 3.86. The third kappa shape index (κ3) is 4.65. The zero-order chi connectivity index (χ0) is 20.1. The number of pyridine rings is 2. The average Bonchev–Trinajstić information content (AvgIpc) is 2.67. The molecule has 0 unspecified atom stereocenters. The molecule has 0 aliphatic carbocycles. The Kier molecular flexibility index (Phi) is 5.89. The third-order valence-corrected chi connectivity index (χ3v) is 4.72. The fraction of sp³-hybridized carbons (Fsp3) is 0.227. The Bertz CT molecular complexity index is 1100. The van der Waals surface area contributed by atoms with Gasteiger partial charge < -0.3 is 15.3 Å². The lowest BCUT2D eigenvalue weighted by molar-refractivity contribution is 0.0950. The quantitative estimate of drug-likeness (QED) is 0.616. The minimum atomic E-state index is -0.231. The van der Waals surface area contributed by atoms with Gasteiger partial charge in [0.25, 0.3) is 17.0 Å². The fourth-order valence-corrected chi connectivity index (χ4v) is 3.13. The summed E-state index contributed by atoms with van der Waals surface area (Å²) in [6, 6.07) is 12.8. The van der Waals surface area contributed by atoms with Crippen molar-refractivity contribution in [2.24, 2.45) is 0 Å². The van der Waals surface area contributed by atoms with Gasteiger partial charge in [0.2, 0.25) is 0 Å². The molecule has 1 amide bonds. The third-order valence-electron chi connectivity index (χ3n) is 4.72. The summed E-state index contributed by atoms with van der Waals surface area (Å²) in [6.07, 6.45) is 2.97. The van der Waals surface area contributed by atoms with Crippen molar-refractivity contribution in [1.29, 1.82) is 0 Å². The van der Waals surface area contributed by atoms with Gasteiger partial charge in [-0.1, -0.05) is 18.2 Å². The summed E-state index contributed by atoms with van der Waals surface area (Å²) in [5.41, 5.74) is 4.28. The molecule has 3 rings (SSSR count). The molecule has 0 atom stereocenters. The summed E-state index contributed by atoms with van der Waals surface area (Å²) >= 11 is 0. The predicted octanol–water partition coefficient (Wildman–Crippen LogP) is 2.40. The molecular weight excluding hydrogens is 354 g/mol. The van der Waals surface area contributed by atoms with Crippen LogP contribution in [0.3, 0.4) is 0 Å². The molecule has 0 radical (unpaired) electrons. The van der Waals surface area contributed by atoms with Crippen molar-refractivity contribution in [2.75, 3.05) is 0 Å². The standard InChI is InChI=1S/C22H23N3O3/c1-14-12-15(2)25-22(28)19(14)13-24-21(27)18-9-6-16(7-10-18)5-8-17-4-3-11-23-20(17)26/h3-4,6-7,9-12H,5,8,13H2,1-2H3,(H,23,26)(H,24,27)(H,25,28). The summed E-state index contributed by atoms with van der Waals surface area (Å²) in [7, 11) is 0. The van der Waals surface area contributed by atoms with E-state index in [2.05, 4.69) is 15.3 Å². The highest BCUT2D eigenvalue weighted by Gasteiger charge is 2.09. The summed E-state index contributed by atoms with van der Waals surface area (Å²) in [5.74, 6) is -0.231. The van der Waals surface area contributed by atoms with Gasteiger partial charge in [0.1, 0.15) is 0 Å². The highest BCUT2D eigenvalue weighted by atomic mass is 16.2. The van der Waals surface area contributed by atoms with E-state index >= 15 is 0 Å². The Morgan fingerprint density at radius 2 is 1.75 bits per heavy atom. The van der Waals surface area contributed by atoms with Crippen molar-refractivity contribution in [1.82, 2.24) is 15.3 Å². The second kappa shape index (κ2) is 8.52. The van der Waals surface area contributed by atoms with Crippen LogP contribution in [-0.4, -0.2) is 15.9 Å². The Morgan fingerprint density at radius 1 is 1.00 bits per heavy atom. The highest BCUT2D eigenvalue weighted by Crippen LogP contribution is 2.09. The normalized spacial score (nSPS) is 10.6. The number of nitrogens with one attached hydrogen (secondary N) is 3. The van der Waals surface area contributed by atoms with Gasteiger partial charge in [-0.3, -0.25) is 14.4 Å². The second-order valence-electron chi connectivity index (χ2n) is 6.85. The zero-order valence-electron chi connectivity index (χ0n) is 16.0. The van der Waals surface area contributed by atoms with Gasteiger partial charge in [-0.2, -0.15) is 0 Å². The molecule has 0 spiro atoms. The molecule has 2 aromatic heterocycles. The first-order valence-corrected chi connectivity index (χ1v) is 9.17. The second-order valence-corrected chi connectivity index (χ2v) is 6.85. The summed E-state index contributed by atoms with van der Waals surface area (Å²) in [5, 5.41) is 2.80. The molecule has 0 fully saturated rings. The van der Waals surface area contributed by atoms with Crippen LogP contribution < -0.4 is 16.4 Å². The van der Waals surface area contributed by atoms with E-state index < -0.39 is 0 Å². The minimum absolute atomic E-state index is 0.0696. The van der Waals surface area contributed by atoms with Crippen LogP contribution in [0.4, 0.5) is 0 Å². The number of carbonyl (C=O) groups excluding carboxylic acids is 1. The maximum Gasteiger partial charge on any atom is 0.253 e. The van der Waals surface area contributed by atoms with Crippen molar-refractivity contribution >= 4 is 5.91 Å². The smallest absolute Gasteiger partial charge is 0.253 e. The van der Waals surface area contributed by atoms with Crippen LogP contribution in [-0.2, 0) is 19.4 Å². The van der Waals surface area contributed by atoms with Crippen molar-refractivity contribution in [2.45, 2.75) is 33.2 Å². The van der Waals surface area contributed by atoms with Crippen LogP contribution in [0.2, 0.25) is 0 Å². The van der Waals surface area contributed by atoms with Gasteiger partial charge in [-0.25, -0.2) is 0 Å². The molecule has 0 aliphatic heterocycles. The monoisotopic (exact) mass is 377 g/mol. The molecule has 2 heterocycles. The number of rotatable bonds is 6. The number of hydrogen-bond acceptors (Lipinski definition) is 3.